The van der Waals surface area contributed by atoms with E-state index in [1.807, 2.05) is 0 Å². The van der Waals surface area contributed by atoms with Crippen molar-refractivity contribution in [3.05, 3.63) is 0 Å². The van der Waals surface area contributed by atoms with Crippen molar-refractivity contribution < 1.29 is 8.42 Å². The van der Waals surface area contributed by atoms with Crippen molar-refractivity contribution in [2.75, 3.05) is 18.6 Å². The molecule has 0 aliphatic heterocycles. The minimum absolute atomic E-state index is 0.240. The van der Waals surface area contributed by atoms with Crippen LogP contribution < -0.4 is 5.32 Å². The average Bonchev–Trinajstić information content (AvgIpc) is 1.93. The first-order valence-corrected chi connectivity index (χ1v) is 8.46. The fourth-order valence-corrected chi connectivity index (χ4v) is 3.93. The molecule has 0 aromatic rings. The third-order valence-corrected chi connectivity index (χ3v) is 4.41. The van der Waals surface area contributed by atoms with Crippen LogP contribution in [0.1, 0.15) is 47.0 Å². The molecular weight excluding hydrogens is 234 g/mol. The Labute approximate surface area is 106 Å². The molecule has 0 saturated heterocycles. The topological polar surface area (TPSA) is 46.2 Å². The fourth-order valence-electron chi connectivity index (χ4n) is 3.44. The molecule has 1 aliphatic carbocycles. The predicted molar refractivity (Wildman–Crippen MR) is 72.9 cm³/mol. The van der Waals surface area contributed by atoms with Crippen molar-refractivity contribution in [3.8, 4) is 0 Å². The molecule has 0 unspecified atom stereocenters. The SMILES string of the molecule is CC1(C)CC(NCCS(C)(=O)=O)CC(C)(C)C1. The first kappa shape index (κ1) is 15.0. The summed E-state index contributed by atoms with van der Waals surface area (Å²) in [5.74, 6) is 0.240. The molecule has 0 aromatic heterocycles. The lowest BCUT2D eigenvalue weighted by molar-refractivity contribution is 0.0860. The molecule has 1 aliphatic rings. The second kappa shape index (κ2) is 4.88. The number of hydrogen-bond donors (Lipinski definition) is 1. The molecule has 102 valence electrons. The van der Waals surface area contributed by atoms with Gasteiger partial charge in [-0.15, -0.1) is 0 Å². The Bertz CT molecular complexity index is 342. The molecule has 0 radical (unpaired) electrons. The van der Waals surface area contributed by atoms with Gasteiger partial charge < -0.3 is 5.32 Å². The van der Waals surface area contributed by atoms with Crippen LogP contribution >= 0.6 is 0 Å². The molecule has 0 aromatic carbocycles. The van der Waals surface area contributed by atoms with Crippen molar-refractivity contribution in [1.82, 2.24) is 5.32 Å². The van der Waals surface area contributed by atoms with E-state index in [1.165, 1.54) is 12.7 Å². The van der Waals surface area contributed by atoms with E-state index in [-0.39, 0.29) is 5.75 Å². The summed E-state index contributed by atoms with van der Waals surface area (Å²) < 4.78 is 22.2. The van der Waals surface area contributed by atoms with Crippen LogP contribution in [0, 0.1) is 10.8 Å². The van der Waals surface area contributed by atoms with E-state index in [1.54, 1.807) is 0 Å². The zero-order valence-electron chi connectivity index (χ0n) is 11.8. The van der Waals surface area contributed by atoms with Crippen molar-refractivity contribution in [1.29, 1.82) is 0 Å². The third kappa shape index (κ3) is 5.87. The van der Waals surface area contributed by atoms with Gasteiger partial charge in [-0.3, -0.25) is 0 Å². The molecule has 1 fully saturated rings. The molecule has 0 amide bonds. The van der Waals surface area contributed by atoms with Gasteiger partial charge in [0.05, 0.1) is 5.75 Å². The summed E-state index contributed by atoms with van der Waals surface area (Å²) in [5.41, 5.74) is 0.703. The highest BCUT2D eigenvalue weighted by atomic mass is 32.2. The average molecular weight is 261 g/mol. The maximum absolute atomic E-state index is 11.1. The Morgan fingerprint density at radius 3 is 2.00 bits per heavy atom. The van der Waals surface area contributed by atoms with E-state index in [0.29, 0.717) is 23.4 Å². The standard InChI is InChI=1S/C13H27NO2S/c1-12(2)8-11(9-13(3,4)10-12)14-6-7-17(5,15)16/h11,14H,6-10H2,1-5H3. The molecule has 3 nitrogen and oxygen atoms in total. The molecule has 17 heavy (non-hydrogen) atoms. The third-order valence-electron chi connectivity index (χ3n) is 3.46. The van der Waals surface area contributed by atoms with Gasteiger partial charge in [-0.25, -0.2) is 8.42 Å². The van der Waals surface area contributed by atoms with Crippen LogP contribution in [0.3, 0.4) is 0 Å². The second-order valence-electron chi connectivity index (χ2n) is 7.19. The van der Waals surface area contributed by atoms with Crippen molar-refractivity contribution >= 4 is 9.84 Å². The number of nitrogens with one attached hydrogen (secondary N) is 1. The molecule has 4 heteroatoms. The van der Waals surface area contributed by atoms with Gasteiger partial charge in [0.25, 0.3) is 0 Å². The van der Waals surface area contributed by atoms with Crippen LogP contribution in [0.15, 0.2) is 0 Å². The monoisotopic (exact) mass is 261 g/mol. The highest BCUT2D eigenvalue weighted by molar-refractivity contribution is 7.90. The molecule has 1 rings (SSSR count). The maximum Gasteiger partial charge on any atom is 0.148 e. The van der Waals surface area contributed by atoms with E-state index >= 15 is 0 Å². The maximum atomic E-state index is 11.1. The highest BCUT2D eigenvalue weighted by Crippen LogP contribution is 2.45. The minimum Gasteiger partial charge on any atom is -0.313 e. The van der Waals surface area contributed by atoms with E-state index in [4.69, 9.17) is 0 Å². The molecule has 1 N–H and O–H groups in total. The van der Waals surface area contributed by atoms with E-state index < -0.39 is 9.84 Å². The van der Waals surface area contributed by atoms with Gasteiger partial charge in [0.1, 0.15) is 9.84 Å². The summed E-state index contributed by atoms with van der Waals surface area (Å²) in [5, 5.41) is 3.41. The first-order valence-electron chi connectivity index (χ1n) is 6.40. The molecule has 0 bridgehead atoms. The van der Waals surface area contributed by atoms with Crippen LogP contribution in [0.25, 0.3) is 0 Å². The summed E-state index contributed by atoms with van der Waals surface area (Å²) >= 11 is 0. The zero-order chi connectivity index (χ0) is 13.3. The summed E-state index contributed by atoms with van der Waals surface area (Å²) in [6.07, 6.45) is 4.81. The van der Waals surface area contributed by atoms with Crippen LogP contribution in [0.5, 0.6) is 0 Å². The predicted octanol–water partition coefficient (Wildman–Crippen LogP) is 2.23. The normalized spacial score (nSPS) is 24.8. The summed E-state index contributed by atoms with van der Waals surface area (Å²) in [6.45, 7) is 9.80. The van der Waals surface area contributed by atoms with Crippen LogP contribution in [-0.4, -0.2) is 33.0 Å². The smallest absolute Gasteiger partial charge is 0.148 e. The van der Waals surface area contributed by atoms with Gasteiger partial charge >= 0.3 is 0 Å². The quantitative estimate of drug-likeness (QED) is 0.844. The number of rotatable bonds is 4. The van der Waals surface area contributed by atoms with Crippen LogP contribution in [-0.2, 0) is 9.84 Å². The molecule has 0 atom stereocenters. The lowest BCUT2D eigenvalue weighted by Crippen LogP contribution is -2.45. The van der Waals surface area contributed by atoms with E-state index in [0.717, 1.165) is 12.8 Å². The summed E-state index contributed by atoms with van der Waals surface area (Å²) in [4.78, 5) is 0. The van der Waals surface area contributed by atoms with Gasteiger partial charge in [0, 0.05) is 18.8 Å². The molecule has 0 heterocycles. The molecular formula is C13H27NO2S. The van der Waals surface area contributed by atoms with Crippen molar-refractivity contribution in [2.24, 2.45) is 10.8 Å². The Morgan fingerprint density at radius 2 is 1.59 bits per heavy atom. The second-order valence-corrected chi connectivity index (χ2v) is 9.45. The van der Waals surface area contributed by atoms with Crippen LogP contribution in [0.2, 0.25) is 0 Å². The number of hydrogen-bond acceptors (Lipinski definition) is 3. The van der Waals surface area contributed by atoms with Gasteiger partial charge in [-0.05, 0) is 30.1 Å². The summed E-state index contributed by atoms with van der Waals surface area (Å²) in [7, 11) is -2.84. The van der Waals surface area contributed by atoms with E-state index in [2.05, 4.69) is 33.0 Å². The number of sulfone groups is 1. The van der Waals surface area contributed by atoms with Crippen LogP contribution in [0.4, 0.5) is 0 Å². The van der Waals surface area contributed by atoms with Gasteiger partial charge in [0.2, 0.25) is 0 Å². The summed E-state index contributed by atoms with van der Waals surface area (Å²) in [6, 6.07) is 0.454. The van der Waals surface area contributed by atoms with Gasteiger partial charge in [0.15, 0.2) is 0 Å². The minimum atomic E-state index is -2.84. The zero-order valence-corrected chi connectivity index (χ0v) is 12.7. The first-order chi connectivity index (χ1) is 7.49. The Morgan fingerprint density at radius 1 is 1.12 bits per heavy atom. The fraction of sp³-hybridized carbons (Fsp3) is 1.00. The van der Waals surface area contributed by atoms with Crippen molar-refractivity contribution in [3.63, 3.8) is 0 Å². The van der Waals surface area contributed by atoms with E-state index in [9.17, 15) is 8.42 Å². The van der Waals surface area contributed by atoms with Gasteiger partial charge in [-0.2, -0.15) is 0 Å². The lowest BCUT2D eigenvalue weighted by atomic mass is 9.63. The Balaban J connectivity index is 2.49. The molecule has 1 saturated carbocycles. The Kier molecular flexibility index (Phi) is 4.30. The van der Waals surface area contributed by atoms with Gasteiger partial charge in [-0.1, -0.05) is 27.7 Å². The largest absolute Gasteiger partial charge is 0.313 e. The highest BCUT2D eigenvalue weighted by Gasteiger charge is 2.38. The lowest BCUT2D eigenvalue weighted by Gasteiger charge is -2.45. The van der Waals surface area contributed by atoms with Crippen molar-refractivity contribution in [2.45, 2.75) is 53.0 Å². The Hall–Kier alpha value is -0.0900. The molecule has 0 spiro atoms.